The van der Waals surface area contributed by atoms with Crippen molar-refractivity contribution in [3.8, 4) is 0 Å². The van der Waals surface area contributed by atoms with Crippen molar-refractivity contribution in [2.75, 3.05) is 11.1 Å². The Morgan fingerprint density at radius 1 is 1.20 bits per heavy atom. The Hall–Kier alpha value is -2.82. The summed E-state index contributed by atoms with van der Waals surface area (Å²) < 4.78 is 0. The van der Waals surface area contributed by atoms with Crippen LogP contribution in [0, 0.1) is 0 Å². The van der Waals surface area contributed by atoms with Crippen molar-refractivity contribution in [3.63, 3.8) is 0 Å². The number of nitrogens with one attached hydrogen (secondary N) is 2. The number of hydrogen-bond acceptors (Lipinski definition) is 5. The minimum Gasteiger partial charge on any atom is -0.399 e. The van der Waals surface area contributed by atoms with Crippen molar-refractivity contribution in [2.24, 2.45) is 5.10 Å². The highest BCUT2D eigenvalue weighted by Crippen LogP contribution is 2.22. The summed E-state index contributed by atoms with van der Waals surface area (Å²) in [5, 5.41) is 7.45. The van der Waals surface area contributed by atoms with E-state index in [2.05, 4.69) is 15.8 Å². The Morgan fingerprint density at radius 3 is 2.85 bits per heavy atom. The molecule has 1 unspecified atom stereocenters. The van der Waals surface area contributed by atoms with E-state index in [1.54, 1.807) is 0 Å². The molecule has 100 valence electrons. The topological polar surface area (TPSA) is 79.5 Å². The van der Waals surface area contributed by atoms with Gasteiger partial charge in [0.15, 0.2) is 5.84 Å². The van der Waals surface area contributed by atoms with Crippen LogP contribution < -0.4 is 16.5 Å². The lowest BCUT2D eigenvalue weighted by atomic mass is 9.99. The predicted molar refractivity (Wildman–Crippen MR) is 79.4 cm³/mol. The molecule has 1 aliphatic heterocycles. The number of hydrazone groups is 1. The van der Waals surface area contributed by atoms with Crippen LogP contribution in [0.25, 0.3) is 0 Å². The zero-order chi connectivity index (χ0) is 13.9. The van der Waals surface area contributed by atoms with Gasteiger partial charge in [-0.3, -0.25) is 5.43 Å². The number of carbonyl (C=O) groups excluding carboxylic acids is 1. The van der Waals surface area contributed by atoms with Crippen LogP contribution in [0.5, 0.6) is 0 Å². The molecule has 0 saturated carbocycles. The Labute approximate surface area is 116 Å². The lowest BCUT2D eigenvalue weighted by molar-refractivity contribution is -0.109. The Kier molecular flexibility index (Phi) is 3.09. The van der Waals surface area contributed by atoms with Gasteiger partial charge in [-0.05, 0) is 23.8 Å². The summed E-state index contributed by atoms with van der Waals surface area (Å²) in [6, 6.07) is 14.7. The largest absolute Gasteiger partial charge is 0.399 e. The monoisotopic (exact) mass is 266 g/mol. The van der Waals surface area contributed by atoms with E-state index in [4.69, 9.17) is 5.73 Å². The van der Waals surface area contributed by atoms with E-state index < -0.39 is 6.04 Å². The predicted octanol–water partition coefficient (Wildman–Crippen LogP) is 1.89. The molecule has 5 heteroatoms. The number of benzene rings is 2. The summed E-state index contributed by atoms with van der Waals surface area (Å²) in [7, 11) is 0. The van der Waals surface area contributed by atoms with Gasteiger partial charge in [0.1, 0.15) is 12.3 Å². The minimum atomic E-state index is -0.405. The maximum atomic E-state index is 11.1. The molecular weight excluding hydrogens is 252 g/mol. The molecule has 4 N–H and O–H groups in total. The maximum absolute atomic E-state index is 11.1. The number of nitrogens with zero attached hydrogens (tertiary/aromatic N) is 1. The number of anilines is 2. The second-order valence-corrected chi connectivity index (χ2v) is 4.54. The molecule has 0 bridgehead atoms. The molecule has 0 saturated heterocycles. The van der Waals surface area contributed by atoms with Crippen molar-refractivity contribution in [3.05, 3.63) is 59.7 Å². The lowest BCUT2D eigenvalue weighted by Gasteiger charge is -2.23. The van der Waals surface area contributed by atoms with Gasteiger partial charge in [-0.25, -0.2) is 0 Å². The molecule has 0 radical (unpaired) electrons. The van der Waals surface area contributed by atoms with E-state index in [9.17, 15) is 4.79 Å². The number of amidine groups is 1. The quantitative estimate of drug-likeness (QED) is 0.573. The number of carbonyl (C=O) groups is 1. The van der Waals surface area contributed by atoms with E-state index >= 15 is 0 Å². The number of fused-ring (bicyclic) bond motifs is 1. The van der Waals surface area contributed by atoms with Crippen LogP contribution >= 0.6 is 0 Å². The zero-order valence-corrected chi connectivity index (χ0v) is 10.7. The summed E-state index contributed by atoms with van der Waals surface area (Å²) in [4.78, 5) is 11.1. The molecule has 5 nitrogen and oxygen atoms in total. The highest BCUT2D eigenvalue weighted by atomic mass is 16.1. The highest BCUT2D eigenvalue weighted by Gasteiger charge is 2.21. The van der Waals surface area contributed by atoms with Gasteiger partial charge < -0.3 is 15.8 Å². The van der Waals surface area contributed by atoms with Crippen molar-refractivity contribution < 1.29 is 4.79 Å². The number of aldehydes is 1. The van der Waals surface area contributed by atoms with Gasteiger partial charge in [-0.15, -0.1) is 0 Å². The van der Waals surface area contributed by atoms with Crippen LogP contribution in [0.4, 0.5) is 11.4 Å². The molecule has 2 aromatic rings. The number of rotatable bonds is 2. The van der Waals surface area contributed by atoms with Gasteiger partial charge in [0.25, 0.3) is 0 Å². The average Bonchev–Trinajstić information content (AvgIpc) is 2.48. The van der Waals surface area contributed by atoms with Crippen LogP contribution in [-0.4, -0.2) is 12.1 Å². The fourth-order valence-corrected chi connectivity index (χ4v) is 2.20. The van der Waals surface area contributed by atoms with Crippen molar-refractivity contribution in [1.82, 2.24) is 5.43 Å². The molecule has 0 aliphatic carbocycles. The second kappa shape index (κ2) is 5.05. The first kappa shape index (κ1) is 12.2. The second-order valence-electron chi connectivity index (χ2n) is 4.54. The number of nitrogen functional groups attached to an aromatic ring is 1. The molecule has 20 heavy (non-hydrogen) atoms. The van der Waals surface area contributed by atoms with Gasteiger partial charge in [0, 0.05) is 16.9 Å². The van der Waals surface area contributed by atoms with Gasteiger partial charge in [0.05, 0.1) is 0 Å². The van der Waals surface area contributed by atoms with E-state index in [0.29, 0.717) is 11.5 Å². The first-order chi connectivity index (χ1) is 9.78. The van der Waals surface area contributed by atoms with Gasteiger partial charge in [-0.1, -0.05) is 30.3 Å². The lowest BCUT2D eigenvalue weighted by Crippen LogP contribution is -2.30. The Bertz CT molecular complexity index is 681. The molecule has 0 aromatic heterocycles. The molecule has 0 fully saturated rings. The summed E-state index contributed by atoms with van der Waals surface area (Å²) in [5.74, 6) is 0.671. The van der Waals surface area contributed by atoms with E-state index in [1.165, 1.54) is 0 Å². The first-order valence-electron chi connectivity index (χ1n) is 6.28. The van der Waals surface area contributed by atoms with Gasteiger partial charge in [-0.2, -0.15) is 5.10 Å². The standard InChI is InChI=1S/C15H14N4O/c16-10-4-3-5-11(8-10)17-15-13-7-2-1-6-12(13)14(9-20)18-19-15/h1-9,14,18H,16H2,(H,17,19). The average molecular weight is 266 g/mol. The summed E-state index contributed by atoms with van der Waals surface area (Å²) in [5.41, 5.74) is 11.9. The number of hydrogen-bond donors (Lipinski definition) is 3. The van der Waals surface area contributed by atoms with E-state index in [0.717, 1.165) is 23.1 Å². The van der Waals surface area contributed by atoms with Crippen molar-refractivity contribution in [1.29, 1.82) is 0 Å². The third-order valence-corrected chi connectivity index (χ3v) is 3.15. The van der Waals surface area contributed by atoms with Crippen molar-refractivity contribution >= 4 is 23.5 Å². The Balaban J connectivity index is 1.95. The normalized spacial score (nSPS) is 16.6. The van der Waals surface area contributed by atoms with Crippen molar-refractivity contribution in [2.45, 2.75) is 6.04 Å². The van der Waals surface area contributed by atoms with E-state index in [1.807, 2.05) is 48.5 Å². The zero-order valence-electron chi connectivity index (χ0n) is 10.7. The van der Waals surface area contributed by atoms with Crippen LogP contribution in [-0.2, 0) is 4.79 Å². The highest BCUT2D eigenvalue weighted by molar-refractivity contribution is 6.10. The first-order valence-corrected chi connectivity index (χ1v) is 6.28. The summed E-state index contributed by atoms with van der Waals surface area (Å²) in [6.07, 6.45) is 0.847. The molecule has 2 aromatic carbocycles. The molecule has 1 aliphatic rings. The SMILES string of the molecule is Nc1cccc(NC2=NNC(C=O)c3ccccc32)c1. The maximum Gasteiger partial charge on any atom is 0.157 e. The molecule has 3 rings (SSSR count). The fraction of sp³-hybridized carbons (Fsp3) is 0.0667. The molecule has 0 spiro atoms. The molecule has 1 heterocycles. The Morgan fingerprint density at radius 2 is 2.05 bits per heavy atom. The summed E-state index contributed by atoms with van der Waals surface area (Å²) >= 11 is 0. The van der Waals surface area contributed by atoms with Crippen LogP contribution in [0.15, 0.2) is 53.6 Å². The van der Waals surface area contributed by atoms with Gasteiger partial charge in [0.2, 0.25) is 0 Å². The van der Waals surface area contributed by atoms with Crippen LogP contribution in [0.3, 0.4) is 0 Å². The third kappa shape index (κ3) is 2.21. The smallest absolute Gasteiger partial charge is 0.157 e. The van der Waals surface area contributed by atoms with Crippen LogP contribution in [0.2, 0.25) is 0 Å². The molecule has 0 amide bonds. The summed E-state index contributed by atoms with van der Waals surface area (Å²) in [6.45, 7) is 0. The number of nitrogens with two attached hydrogens (primary N) is 1. The van der Waals surface area contributed by atoms with Crippen LogP contribution in [0.1, 0.15) is 17.2 Å². The minimum absolute atomic E-state index is 0.405. The van der Waals surface area contributed by atoms with E-state index in [-0.39, 0.29) is 0 Å². The molecule has 1 atom stereocenters. The fourth-order valence-electron chi connectivity index (χ4n) is 2.20. The molecular formula is C15H14N4O. The van der Waals surface area contributed by atoms with Gasteiger partial charge >= 0.3 is 0 Å². The third-order valence-electron chi connectivity index (χ3n) is 3.15.